The molecule has 0 saturated heterocycles. The monoisotopic (exact) mass is 425 g/mol. The molecule has 0 unspecified atom stereocenters. The summed E-state index contributed by atoms with van der Waals surface area (Å²) in [6.07, 6.45) is 5.95. The minimum atomic E-state index is -0.240. The van der Waals surface area contributed by atoms with Crippen LogP contribution in [0, 0.1) is 12.8 Å². The van der Waals surface area contributed by atoms with Gasteiger partial charge in [0.15, 0.2) is 0 Å². The normalized spacial score (nSPS) is 17.2. The molecule has 2 heterocycles. The van der Waals surface area contributed by atoms with Crippen LogP contribution in [-0.4, -0.2) is 21.1 Å². The number of para-hydroxylation sites is 1. The van der Waals surface area contributed by atoms with Gasteiger partial charge in [-0.1, -0.05) is 43.8 Å². The average molecular weight is 426 g/mol. The Kier molecular flexibility index (Phi) is 5.93. The quantitative estimate of drug-likeness (QED) is 0.414. The van der Waals surface area contributed by atoms with E-state index in [9.17, 15) is 4.79 Å². The van der Waals surface area contributed by atoms with Crippen molar-refractivity contribution in [2.45, 2.75) is 63.7 Å². The Hall–Kier alpha value is -1.92. The smallest absolute Gasteiger partial charge is 0.237 e. The van der Waals surface area contributed by atoms with Crippen molar-refractivity contribution in [3.05, 3.63) is 46.1 Å². The van der Waals surface area contributed by atoms with E-state index in [1.54, 1.807) is 29.4 Å². The lowest BCUT2D eigenvalue weighted by atomic mass is 9.89. The van der Waals surface area contributed by atoms with E-state index in [4.69, 9.17) is 0 Å². The number of amides is 1. The SMILES string of the molecule is CCc1cccc(C)c1NC(=O)[C@@H](C)Sc1ncnc2sc3c(c12)CC[C@H](C)C3. The molecule has 0 saturated carbocycles. The zero-order chi connectivity index (χ0) is 20.5. The molecule has 0 radical (unpaired) electrons. The van der Waals surface area contributed by atoms with Gasteiger partial charge in [-0.15, -0.1) is 11.3 Å². The minimum absolute atomic E-state index is 0.0171. The van der Waals surface area contributed by atoms with Crippen LogP contribution in [0.4, 0.5) is 5.69 Å². The van der Waals surface area contributed by atoms with Crippen LogP contribution in [0.5, 0.6) is 0 Å². The van der Waals surface area contributed by atoms with E-state index < -0.39 is 0 Å². The van der Waals surface area contributed by atoms with E-state index in [1.807, 2.05) is 26.0 Å². The predicted molar refractivity (Wildman–Crippen MR) is 123 cm³/mol. The van der Waals surface area contributed by atoms with Gasteiger partial charge in [-0.2, -0.15) is 0 Å². The standard InChI is InChI=1S/C23H27N3OS2/c1-5-16-8-6-7-14(3)20(16)26-21(27)15(4)28-22-19-17-10-9-13(2)11-18(17)29-23(19)25-12-24-22/h6-8,12-13,15H,5,9-11H2,1-4H3,(H,26,27)/t13-,15+/m0/s1. The average Bonchev–Trinajstić information content (AvgIpc) is 3.07. The van der Waals surface area contributed by atoms with Crippen LogP contribution in [0.1, 0.15) is 48.8 Å². The molecule has 2 aromatic heterocycles. The molecule has 4 nitrogen and oxygen atoms in total. The molecule has 1 aromatic carbocycles. The van der Waals surface area contributed by atoms with Crippen LogP contribution >= 0.6 is 23.1 Å². The molecule has 1 amide bonds. The molecule has 1 aliphatic rings. The van der Waals surface area contributed by atoms with Crippen LogP contribution in [-0.2, 0) is 24.1 Å². The molecule has 152 valence electrons. The Bertz CT molecular complexity index is 1060. The fraction of sp³-hybridized carbons (Fsp3) is 0.435. The number of rotatable bonds is 5. The fourth-order valence-corrected chi connectivity index (χ4v) is 6.34. The predicted octanol–water partition coefficient (Wildman–Crippen LogP) is 5.81. The van der Waals surface area contributed by atoms with Crippen molar-refractivity contribution in [1.82, 2.24) is 9.97 Å². The number of carbonyl (C=O) groups excluding carboxylic acids is 1. The third kappa shape index (κ3) is 4.05. The van der Waals surface area contributed by atoms with Gasteiger partial charge < -0.3 is 5.32 Å². The van der Waals surface area contributed by atoms with E-state index in [1.165, 1.54) is 27.8 Å². The van der Waals surface area contributed by atoms with Crippen molar-refractivity contribution in [3.63, 3.8) is 0 Å². The number of hydrogen-bond acceptors (Lipinski definition) is 5. The van der Waals surface area contributed by atoms with Crippen LogP contribution in [0.15, 0.2) is 29.6 Å². The van der Waals surface area contributed by atoms with Gasteiger partial charge in [-0.05, 0) is 62.1 Å². The number of hydrogen-bond donors (Lipinski definition) is 1. The number of carbonyl (C=O) groups is 1. The van der Waals surface area contributed by atoms with Crippen molar-refractivity contribution in [3.8, 4) is 0 Å². The van der Waals surface area contributed by atoms with Gasteiger partial charge in [0.25, 0.3) is 0 Å². The second kappa shape index (κ2) is 8.44. The zero-order valence-corrected chi connectivity index (χ0v) is 19.0. The lowest BCUT2D eigenvalue weighted by Crippen LogP contribution is -2.23. The number of anilines is 1. The summed E-state index contributed by atoms with van der Waals surface area (Å²) in [6.45, 7) is 8.43. The van der Waals surface area contributed by atoms with E-state index in [0.29, 0.717) is 0 Å². The highest BCUT2D eigenvalue weighted by atomic mass is 32.2. The van der Waals surface area contributed by atoms with Crippen molar-refractivity contribution >= 4 is 44.9 Å². The van der Waals surface area contributed by atoms with Gasteiger partial charge in [-0.25, -0.2) is 9.97 Å². The maximum atomic E-state index is 13.0. The van der Waals surface area contributed by atoms with E-state index in [-0.39, 0.29) is 11.2 Å². The van der Waals surface area contributed by atoms with Crippen molar-refractivity contribution in [2.24, 2.45) is 5.92 Å². The maximum Gasteiger partial charge on any atom is 0.237 e. The first-order valence-electron chi connectivity index (χ1n) is 10.3. The van der Waals surface area contributed by atoms with Gasteiger partial charge >= 0.3 is 0 Å². The molecule has 1 N–H and O–H groups in total. The number of fused-ring (bicyclic) bond motifs is 3. The summed E-state index contributed by atoms with van der Waals surface area (Å²) in [5, 5.41) is 5.03. The summed E-state index contributed by atoms with van der Waals surface area (Å²) >= 11 is 3.34. The van der Waals surface area contributed by atoms with E-state index in [2.05, 4.69) is 35.2 Å². The summed E-state index contributed by atoms with van der Waals surface area (Å²) in [7, 11) is 0. The molecule has 1 aliphatic carbocycles. The van der Waals surface area contributed by atoms with Crippen LogP contribution in [0.3, 0.4) is 0 Å². The Morgan fingerprint density at radius 2 is 2.21 bits per heavy atom. The highest BCUT2D eigenvalue weighted by Gasteiger charge is 2.25. The summed E-state index contributed by atoms with van der Waals surface area (Å²) in [5.74, 6) is 0.745. The molecule has 0 fully saturated rings. The largest absolute Gasteiger partial charge is 0.325 e. The Balaban J connectivity index is 1.58. The molecule has 0 aliphatic heterocycles. The van der Waals surface area contributed by atoms with Crippen LogP contribution < -0.4 is 5.32 Å². The molecule has 4 rings (SSSR count). The molecular weight excluding hydrogens is 398 g/mol. The first kappa shape index (κ1) is 20.4. The number of aryl methyl sites for hydroxylation is 3. The van der Waals surface area contributed by atoms with E-state index >= 15 is 0 Å². The molecule has 29 heavy (non-hydrogen) atoms. The highest BCUT2D eigenvalue weighted by Crippen LogP contribution is 2.41. The van der Waals surface area contributed by atoms with Gasteiger partial charge in [-0.3, -0.25) is 4.79 Å². The van der Waals surface area contributed by atoms with Crippen molar-refractivity contribution in [1.29, 1.82) is 0 Å². The number of aromatic nitrogens is 2. The maximum absolute atomic E-state index is 13.0. The fourth-order valence-electron chi connectivity index (χ4n) is 3.98. The zero-order valence-electron chi connectivity index (χ0n) is 17.4. The second-order valence-electron chi connectivity index (χ2n) is 7.92. The molecule has 3 aromatic rings. The van der Waals surface area contributed by atoms with Gasteiger partial charge in [0.05, 0.1) is 5.25 Å². The highest BCUT2D eigenvalue weighted by molar-refractivity contribution is 8.00. The topological polar surface area (TPSA) is 54.9 Å². The lowest BCUT2D eigenvalue weighted by Gasteiger charge is -2.19. The Morgan fingerprint density at radius 3 is 3.00 bits per heavy atom. The minimum Gasteiger partial charge on any atom is -0.325 e. The first-order chi connectivity index (χ1) is 14.0. The Morgan fingerprint density at radius 1 is 1.38 bits per heavy atom. The van der Waals surface area contributed by atoms with Gasteiger partial charge in [0.1, 0.15) is 16.2 Å². The lowest BCUT2D eigenvalue weighted by molar-refractivity contribution is -0.115. The van der Waals surface area contributed by atoms with Crippen LogP contribution in [0.25, 0.3) is 10.2 Å². The molecule has 6 heteroatoms. The molecule has 0 bridgehead atoms. The Labute approximate surface area is 180 Å². The van der Waals surface area contributed by atoms with Crippen LogP contribution in [0.2, 0.25) is 0 Å². The number of benzene rings is 1. The summed E-state index contributed by atoms with van der Waals surface area (Å²) < 4.78 is 0. The number of thiophene rings is 1. The summed E-state index contributed by atoms with van der Waals surface area (Å²) in [4.78, 5) is 24.6. The third-order valence-corrected chi connectivity index (χ3v) is 7.97. The second-order valence-corrected chi connectivity index (χ2v) is 10.3. The molecule has 2 atom stereocenters. The van der Waals surface area contributed by atoms with Gasteiger partial charge in [0, 0.05) is 16.0 Å². The summed E-state index contributed by atoms with van der Waals surface area (Å²) in [5.41, 5.74) is 4.62. The number of nitrogens with one attached hydrogen (secondary N) is 1. The number of nitrogens with zero attached hydrogens (tertiary/aromatic N) is 2. The van der Waals surface area contributed by atoms with Crippen molar-refractivity contribution in [2.75, 3.05) is 5.32 Å². The third-order valence-electron chi connectivity index (χ3n) is 5.70. The van der Waals surface area contributed by atoms with Crippen molar-refractivity contribution < 1.29 is 4.79 Å². The van der Waals surface area contributed by atoms with Gasteiger partial charge in [0.2, 0.25) is 5.91 Å². The molecular formula is C23H27N3OS2. The number of thioether (sulfide) groups is 1. The first-order valence-corrected chi connectivity index (χ1v) is 12.0. The van der Waals surface area contributed by atoms with E-state index in [0.717, 1.165) is 46.3 Å². The summed E-state index contributed by atoms with van der Waals surface area (Å²) in [6, 6.07) is 6.16. The molecule has 0 spiro atoms.